The van der Waals surface area contributed by atoms with E-state index in [0.717, 1.165) is 44.9 Å². The molecule has 0 aliphatic rings. The summed E-state index contributed by atoms with van der Waals surface area (Å²) in [7, 11) is 1.22. The van der Waals surface area contributed by atoms with Crippen LogP contribution < -0.4 is 10.6 Å². The summed E-state index contributed by atoms with van der Waals surface area (Å²) in [4.78, 5) is 65.0. The molecule has 3 atom stereocenters. The number of alkyl carbamates (subject to hydrolysis) is 1. The second-order valence-corrected chi connectivity index (χ2v) is 20.6. The highest BCUT2D eigenvalue weighted by atomic mass is 32.2. The summed E-state index contributed by atoms with van der Waals surface area (Å²) < 4.78 is 27.6. The SMILES string of the molecule is CCCCCCCCCCCCCCCC(=O)OC[C@H](CSC[C@H](NC(=O)OC(C)(C)C)C(=O)N[C@@H](COC(C)(C)C)C(=O)OC)OC(=O)CCCCCCCCCCCCCCC. The zero-order valence-electron chi connectivity index (χ0n) is 42.4. The molecule has 13 heteroatoms. The van der Waals surface area contributed by atoms with E-state index in [1.165, 1.54) is 141 Å². The van der Waals surface area contributed by atoms with Gasteiger partial charge in [0.05, 0.1) is 19.3 Å². The second kappa shape index (κ2) is 39.6. The second-order valence-electron chi connectivity index (χ2n) is 19.5. The average molecular weight is 929 g/mol. The van der Waals surface area contributed by atoms with Crippen molar-refractivity contribution in [2.24, 2.45) is 0 Å². The minimum Gasteiger partial charge on any atom is -0.467 e. The number of carbonyl (C=O) groups excluding carboxylic acids is 5. The average Bonchev–Trinajstić information content (AvgIpc) is 3.22. The third kappa shape index (κ3) is 39.8. The monoisotopic (exact) mass is 929 g/mol. The Morgan fingerprint density at radius 1 is 0.500 bits per heavy atom. The maximum Gasteiger partial charge on any atom is 0.408 e. The van der Waals surface area contributed by atoms with Crippen LogP contribution in [0.25, 0.3) is 0 Å². The van der Waals surface area contributed by atoms with Gasteiger partial charge < -0.3 is 34.3 Å². The molecule has 64 heavy (non-hydrogen) atoms. The van der Waals surface area contributed by atoms with Crippen molar-refractivity contribution in [3.63, 3.8) is 0 Å². The molecule has 376 valence electrons. The van der Waals surface area contributed by atoms with Gasteiger partial charge in [-0.2, -0.15) is 11.8 Å². The number of nitrogens with one attached hydrogen (secondary N) is 2. The van der Waals surface area contributed by atoms with E-state index in [9.17, 15) is 24.0 Å². The standard InChI is InChI=1S/C51H96N2O10S/c1-10-12-14-16-18-20-22-24-26-28-30-32-34-36-45(54)60-38-42(62-46(55)37-35-33-31-29-27-25-23-21-19-17-15-13-11-2)40-64-41-44(53-49(58)63-51(6,7)8)47(56)52-43(48(57)59-9)39-61-50(3,4)5/h42-44H,10-41H2,1-9H3,(H,52,56)(H,53,58)/t42-,43+,44+/m1/s1. The van der Waals surface area contributed by atoms with Crippen molar-refractivity contribution in [1.29, 1.82) is 0 Å². The summed E-state index contributed by atoms with van der Waals surface area (Å²) >= 11 is 1.25. The third-order valence-electron chi connectivity index (χ3n) is 10.8. The van der Waals surface area contributed by atoms with Gasteiger partial charge in [0, 0.05) is 24.3 Å². The van der Waals surface area contributed by atoms with Crippen LogP contribution in [0.5, 0.6) is 0 Å². The molecule has 0 bridgehead atoms. The third-order valence-corrected chi connectivity index (χ3v) is 12.0. The Bertz CT molecular complexity index is 1200. The molecule has 0 aromatic heterocycles. The van der Waals surface area contributed by atoms with E-state index in [0.29, 0.717) is 6.42 Å². The van der Waals surface area contributed by atoms with Crippen LogP contribution in [0.15, 0.2) is 0 Å². The number of ether oxygens (including phenoxy) is 5. The molecule has 2 amide bonds. The number of hydrogen-bond acceptors (Lipinski definition) is 11. The summed E-state index contributed by atoms with van der Waals surface area (Å²) in [6.07, 6.45) is 30.5. The van der Waals surface area contributed by atoms with Crippen molar-refractivity contribution < 1.29 is 47.7 Å². The van der Waals surface area contributed by atoms with Gasteiger partial charge >= 0.3 is 24.0 Å². The predicted octanol–water partition coefficient (Wildman–Crippen LogP) is 12.5. The van der Waals surface area contributed by atoms with Crippen molar-refractivity contribution in [3.8, 4) is 0 Å². The lowest BCUT2D eigenvalue weighted by atomic mass is 10.0. The zero-order valence-corrected chi connectivity index (χ0v) is 43.2. The van der Waals surface area contributed by atoms with E-state index in [-0.39, 0.29) is 43.1 Å². The van der Waals surface area contributed by atoms with Gasteiger partial charge in [-0.15, -0.1) is 0 Å². The van der Waals surface area contributed by atoms with Crippen LogP contribution in [0.3, 0.4) is 0 Å². The van der Waals surface area contributed by atoms with Crippen molar-refractivity contribution in [3.05, 3.63) is 0 Å². The maximum atomic E-state index is 13.6. The number of amides is 2. The van der Waals surface area contributed by atoms with E-state index in [1.54, 1.807) is 20.8 Å². The summed E-state index contributed by atoms with van der Waals surface area (Å²) in [6, 6.07) is -2.26. The van der Waals surface area contributed by atoms with Gasteiger partial charge in [0.2, 0.25) is 5.91 Å². The Morgan fingerprint density at radius 3 is 1.33 bits per heavy atom. The Balaban J connectivity index is 5.30. The summed E-state index contributed by atoms with van der Waals surface area (Å²) in [5, 5.41) is 5.27. The molecule has 2 N–H and O–H groups in total. The van der Waals surface area contributed by atoms with Crippen LogP contribution in [-0.2, 0) is 42.9 Å². The fourth-order valence-corrected chi connectivity index (χ4v) is 8.09. The molecule has 0 saturated carbocycles. The largest absolute Gasteiger partial charge is 0.467 e. The van der Waals surface area contributed by atoms with Crippen LogP contribution in [0.4, 0.5) is 4.79 Å². The molecule has 0 saturated heterocycles. The topological polar surface area (TPSA) is 156 Å². The van der Waals surface area contributed by atoms with Gasteiger partial charge in [0.1, 0.15) is 24.4 Å². The lowest BCUT2D eigenvalue weighted by Crippen LogP contribution is -2.55. The van der Waals surface area contributed by atoms with Gasteiger partial charge in [0.15, 0.2) is 6.04 Å². The first-order valence-electron chi connectivity index (χ1n) is 25.5. The number of esters is 3. The summed E-state index contributed by atoms with van der Waals surface area (Å²) in [5.41, 5.74) is -1.41. The number of carbonyl (C=O) groups is 5. The van der Waals surface area contributed by atoms with E-state index in [2.05, 4.69) is 24.5 Å². The fraction of sp³-hybridized carbons (Fsp3) is 0.902. The minimum atomic E-state index is -1.14. The highest BCUT2D eigenvalue weighted by molar-refractivity contribution is 7.99. The van der Waals surface area contributed by atoms with Gasteiger partial charge in [-0.25, -0.2) is 9.59 Å². The van der Waals surface area contributed by atoms with Crippen LogP contribution in [0.2, 0.25) is 0 Å². The van der Waals surface area contributed by atoms with Crippen LogP contribution in [-0.4, -0.2) is 91.1 Å². The minimum absolute atomic E-state index is 0.0406. The first kappa shape index (κ1) is 61.5. The van der Waals surface area contributed by atoms with E-state index < -0.39 is 47.4 Å². The molecule has 0 fully saturated rings. The van der Waals surface area contributed by atoms with Crippen molar-refractivity contribution in [2.45, 2.75) is 265 Å². The Morgan fingerprint density at radius 2 is 0.922 bits per heavy atom. The summed E-state index contributed by atoms with van der Waals surface area (Å²) in [6.45, 7) is 14.9. The van der Waals surface area contributed by atoms with Gasteiger partial charge in [-0.3, -0.25) is 14.4 Å². The Hall–Kier alpha value is -2.54. The van der Waals surface area contributed by atoms with Crippen LogP contribution in [0, 0.1) is 0 Å². The Kier molecular flexibility index (Phi) is 38.0. The van der Waals surface area contributed by atoms with Crippen molar-refractivity contribution >= 4 is 41.7 Å². The van der Waals surface area contributed by atoms with Gasteiger partial charge in [-0.05, 0) is 54.4 Å². The molecule has 0 aromatic carbocycles. The number of methoxy groups -OCH3 is 1. The number of rotatable bonds is 41. The smallest absolute Gasteiger partial charge is 0.408 e. The van der Waals surface area contributed by atoms with Gasteiger partial charge in [0.25, 0.3) is 0 Å². The zero-order chi connectivity index (χ0) is 47.9. The van der Waals surface area contributed by atoms with Crippen LogP contribution >= 0.6 is 11.8 Å². The fourth-order valence-electron chi connectivity index (χ4n) is 7.06. The van der Waals surface area contributed by atoms with Crippen LogP contribution in [0.1, 0.15) is 235 Å². The molecule has 0 spiro atoms. The normalized spacial score (nSPS) is 13.1. The molecule has 0 heterocycles. The number of unbranched alkanes of at least 4 members (excludes halogenated alkanes) is 24. The highest BCUT2D eigenvalue weighted by Gasteiger charge is 2.31. The lowest BCUT2D eigenvalue weighted by molar-refractivity contribution is -0.157. The molecule has 0 rings (SSSR count). The Labute approximate surface area is 395 Å². The molecular weight excluding hydrogens is 833 g/mol. The molecule has 0 aliphatic carbocycles. The molecule has 12 nitrogen and oxygen atoms in total. The molecule has 0 aliphatic heterocycles. The summed E-state index contributed by atoms with van der Waals surface area (Å²) in [5.74, 6) is -1.80. The predicted molar refractivity (Wildman–Crippen MR) is 262 cm³/mol. The van der Waals surface area contributed by atoms with E-state index in [1.807, 2.05) is 20.8 Å². The molecule has 0 aromatic rings. The van der Waals surface area contributed by atoms with Crippen molar-refractivity contribution in [1.82, 2.24) is 10.6 Å². The quantitative estimate of drug-likeness (QED) is 0.0342. The van der Waals surface area contributed by atoms with E-state index >= 15 is 0 Å². The maximum absolute atomic E-state index is 13.6. The molecular formula is C51H96N2O10S. The highest BCUT2D eigenvalue weighted by Crippen LogP contribution is 2.17. The van der Waals surface area contributed by atoms with Crippen molar-refractivity contribution in [2.75, 3.05) is 31.8 Å². The number of thioether (sulfide) groups is 1. The molecule has 0 unspecified atom stereocenters. The lowest BCUT2D eigenvalue weighted by Gasteiger charge is -2.27. The molecule has 0 radical (unpaired) electrons. The van der Waals surface area contributed by atoms with Gasteiger partial charge in [-0.1, -0.05) is 168 Å². The number of hydrogen-bond donors (Lipinski definition) is 2. The van der Waals surface area contributed by atoms with E-state index in [4.69, 9.17) is 23.7 Å². The first-order valence-corrected chi connectivity index (χ1v) is 26.6. The first-order chi connectivity index (χ1) is 30.5.